The fourth-order valence-corrected chi connectivity index (χ4v) is 6.34. The summed E-state index contributed by atoms with van der Waals surface area (Å²) in [5.41, 5.74) is -0.0251. The molecule has 3 aromatic rings. The largest absolute Gasteiger partial charge is 0.458 e. The first kappa shape index (κ1) is 27.3. The van der Waals surface area contributed by atoms with Gasteiger partial charge >= 0.3 is 6.18 Å². The van der Waals surface area contributed by atoms with E-state index in [0.29, 0.717) is 11.8 Å². The van der Waals surface area contributed by atoms with Gasteiger partial charge in [-0.15, -0.1) is 0 Å². The predicted molar refractivity (Wildman–Crippen MR) is 137 cm³/mol. The third kappa shape index (κ3) is 6.00. The number of alkyl halides is 3. The third-order valence-corrected chi connectivity index (χ3v) is 8.30. The fourth-order valence-electron chi connectivity index (χ4n) is 6.34. The molecule has 0 spiro atoms. The Labute approximate surface area is 223 Å². The van der Waals surface area contributed by atoms with Gasteiger partial charge in [0.25, 0.3) is 0 Å². The van der Waals surface area contributed by atoms with E-state index in [4.69, 9.17) is 0 Å². The van der Waals surface area contributed by atoms with E-state index in [-0.39, 0.29) is 22.3 Å². The molecule has 0 bridgehead atoms. The summed E-state index contributed by atoms with van der Waals surface area (Å²) in [5.74, 6) is 0.776. The Balaban J connectivity index is 1.36. The van der Waals surface area contributed by atoms with Crippen molar-refractivity contribution in [3.8, 4) is 34.1 Å². The van der Waals surface area contributed by atoms with Crippen molar-refractivity contribution in [2.24, 2.45) is 17.8 Å². The van der Waals surface area contributed by atoms with Crippen molar-refractivity contribution in [3.05, 3.63) is 82.9 Å². The molecule has 5 rings (SSSR count). The van der Waals surface area contributed by atoms with Crippen molar-refractivity contribution < 1.29 is 30.7 Å². The zero-order chi connectivity index (χ0) is 27.9. The van der Waals surface area contributed by atoms with Crippen LogP contribution in [0, 0.1) is 52.9 Å². The first-order valence-corrected chi connectivity index (χ1v) is 13.2. The van der Waals surface area contributed by atoms with Gasteiger partial charge in [-0.1, -0.05) is 43.5 Å². The molecule has 0 radical (unpaired) electrons. The van der Waals surface area contributed by atoms with Crippen LogP contribution in [0.3, 0.4) is 0 Å². The molecule has 0 amide bonds. The second-order valence-corrected chi connectivity index (χ2v) is 10.9. The van der Waals surface area contributed by atoms with Crippen LogP contribution < -0.4 is 0 Å². The Morgan fingerprint density at radius 3 is 1.92 bits per heavy atom. The summed E-state index contributed by atoms with van der Waals surface area (Å²) in [6.45, 7) is 2.32. The summed E-state index contributed by atoms with van der Waals surface area (Å²) >= 11 is 0. The zero-order valence-electron chi connectivity index (χ0n) is 21.3. The molecule has 0 N–H and O–H groups in total. The lowest BCUT2D eigenvalue weighted by Crippen LogP contribution is -2.29. The van der Waals surface area contributed by atoms with E-state index in [9.17, 15) is 22.0 Å². The highest BCUT2D eigenvalue weighted by Gasteiger charge is 2.35. The molecule has 0 saturated heterocycles. The minimum absolute atomic E-state index is 0.178. The van der Waals surface area contributed by atoms with E-state index in [1.807, 2.05) is 6.07 Å². The molecule has 0 nitrogen and oxygen atoms in total. The zero-order valence-corrected chi connectivity index (χ0v) is 21.3. The van der Waals surface area contributed by atoms with Gasteiger partial charge in [-0.25, -0.2) is 17.6 Å². The number of halogens is 7. The number of benzene rings is 3. The van der Waals surface area contributed by atoms with Crippen LogP contribution in [0.5, 0.6) is 0 Å². The SMILES string of the molecule is CC1CCC2CC(c3ccc(-c4ccc(-c5cc(F)c(C#CC(F)(F)F)c(F)c5)c(F)c4)c(F)c3)CCC2C1. The molecule has 2 fully saturated rings. The van der Waals surface area contributed by atoms with E-state index >= 15 is 8.78 Å². The summed E-state index contributed by atoms with van der Waals surface area (Å²) in [5, 5.41) is 0. The second-order valence-electron chi connectivity index (χ2n) is 10.9. The van der Waals surface area contributed by atoms with Gasteiger partial charge in [0.15, 0.2) is 0 Å². The van der Waals surface area contributed by atoms with E-state index in [0.717, 1.165) is 60.8 Å². The lowest BCUT2D eigenvalue weighted by atomic mass is 9.64. The number of rotatable bonds is 3. The number of fused-ring (bicyclic) bond motifs is 1. The van der Waals surface area contributed by atoms with Gasteiger partial charge in [0.1, 0.15) is 23.3 Å². The van der Waals surface area contributed by atoms with Crippen LogP contribution in [0.1, 0.15) is 62.5 Å². The fraction of sp³-hybridized carbons (Fsp3) is 0.375. The Bertz CT molecular complexity index is 1420. The van der Waals surface area contributed by atoms with Gasteiger partial charge in [0.05, 0.1) is 5.56 Å². The van der Waals surface area contributed by atoms with Crippen LogP contribution in [-0.2, 0) is 0 Å². The van der Waals surface area contributed by atoms with E-state index in [1.165, 1.54) is 43.4 Å². The van der Waals surface area contributed by atoms with E-state index in [1.54, 1.807) is 6.07 Å². The van der Waals surface area contributed by atoms with Crippen molar-refractivity contribution in [2.75, 3.05) is 0 Å². The van der Waals surface area contributed by atoms with Gasteiger partial charge in [-0.2, -0.15) is 13.2 Å². The quantitative estimate of drug-likeness (QED) is 0.227. The average Bonchev–Trinajstić information content (AvgIpc) is 2.87. The standard InChI is InChI=1S/C32H27F7/c1-18-2-3-20-13-21(5-4-19(20)12-18)22-6-8-25(28(33)14-22)23-7-9-26(29(34)15-23)24-16-30(35)27(31(36)17-24)10-11-32(37,38)39/h6-9,14-21H,2-5,12-13H2,1H3. The maximum absolute atomic E-state index is 15.2. The van der Waals surface area contributed by atoms with Gasteiger partial charge in [-0.05, 0) is 96.7 Å². The molecule has 3 aromatic carbocycles. The third-order valence-electron chi connectivity index (χ3n) is 8.30. The Hall–Kier alpha value is -3.27. The van der Waals surface area contributed by atoms with Crippen molar-refractivity contribution in [1.29, 1.82) is 0 Å². The summed E-state index contributed by atoms with van der Waals surface area (Å²) in [6, 6.07) is 10.3. The molecule has 0 heterocycles. The molecule has 7 heteroatoms. The van der Waals surface area contributed by atoms with E-state index < -0.39 is 35.0 Å². The smallest absolute Gasteiger partial charge is 0.206 e. The molecule has 2 aliphatic carbocycles. The molecule has 2 saturated carbocycles. The number of hydrogen-bond donors (Lipinski definition) is 0. The minimum Gasteiger partial charge on any atom is -0.206 e. The van der Waals surface area contributed by atoms with Crippen LogP contribution >= 0.6 is 0 Å². The minimum atomic E-state index is -4.92. The van der Waals surface area contributed by atoms with Crippen molar-refractivity contribution in [1.82, 2.24) is 0 Å². The summed E-state index contributed by atoms with van der Waals surface area (Å²) < 4.78 is 95.8. The van der Waals surface area contributed by atoms with Crippen molar-refractivity contribution >= 4 is 0 Å². The Morgan fingerprint density at radius 1 is 0.667 bits per heavy atom. The highest BCUT2D eigenvalue weighted by molar-refractivity contribution is 5.72. The molecule has 0 aliphatic heterocycles. The molecule has 0 aromatic heterocycles. The first-order chi connectivity index (χ1) is 18.5. The van der Waals surface area contributed by atoms with Gasteiger partial charge < -0.3 is 0 Å². The summed E-state index contributed by atoms with van der Waals surface area (Å²) in [4.78, 5) is 0. The molecular weight excluding hydrogens is 517 g/mol. The highest BCUT2D eigenvalue weighted by Crippen LogP contribution is 2.47. The second kappa shape index (κ2) is 10.7. The molecule has 4 unspecified atom stereocenters. The molecular formula is C32H27F7. The Morgan fingerprint density at radius 2 is 1.26 bits per heavy atom. The first-order valence-electron chi connectivity index (χ1n) is 13.2. The van der Waals surface area contributed by atoms with E-state index in [2.05, 4.69) is 6.92 Å². The number of hydrogen-bond acceptors (Lipinski definition) is 0. The molecule has 2 aliphatic rings. The van der Waals surface area contributed by atoms with Crippen LogP contribution in [-0.4, -0.2) is 6.18 Å². The van der Waals surface area contributed by atoms with Crippen LogP contribution in [0.15, 0.2) is 48.5 Å². The van der Waals surface area contributed by atoms with Crippen LogP contribution in [0.4, 0.5) is 30.7 Å². The maximum atomic E-state index is 15.2. The highest BCUT2D eigenvalue weighted by atomic mass is 19.4. The van der Waals surface area contributed by atoms with Crippen molar-refractivity contribution in [2.45, 2.75) is 57.5 Å². The maximum Gasteiger partial charge on any atom is 0.458 e. The monoisotopic (exact) mass is 544 g/mol. The molecule has 204 valence electrons. The molecule has 39 heavy (non-hydrogen) atoms. The topological polar surface area (TPSA) is 0 Å². The Kier molecular flexibility index (Phi) is 7.50. The molecule has 4 atom stereocenters. The van der Waals surface area contributed by atoms with Gasteiger partial charge in [0.2, 0.25) is 0 Å². The predicted octanol–water partition coefficient (Wildman–Crippen LogP) is 9.81. The average molecular weight is 545 g/mol. The van der Waals surface area contributed by atoms with Crippen LogP contribution in [0.25, 0.3) is 22.3 Å². The van der Waals surface area contributed by atoms with Gasteiger partial charge in [0, 0.05) is 17.0 Å². The summed E-state index contributed by atoms with van der Waals surface area (Å²) in [7, 11) is 0. The van der Waals surface area contributed by atoms with Gasteiger partial charge in [-0.3, -0.25) is 0 Å². The lowest BCUT2D eigenvalue weighted by molar-refractivity contribution is -0.0696. The summed E-state index contributed by atoms with van der Waals surface area (Å²) in [6.07, 6.45) is 2.09. The van der Waals surface area contributed by atoms with Crippen molar-refractivity contribution in [3.63, 3.8) is 0 Å². The lowest BCUT2D eigenvalue weighted by Gasteiger charge is -2.41. The normalized spacial score (nSPS) is 23.1. The van der Waals surface area contributed by atoms with Crippen LogP contribution in [0.2, 0.25) is 0 Å².